The van der Waals surface area contributed by atoms with Crippen LogP contribution in [-0.2, 0) is 9.47 Å². The predicted octanol–water partition coefficient (Wildman–Crippen LogP) is -0.727. The fourth-order valence-electron chi connectivity index (χ4n) is 0.455. The van der Waals surface area contributed by atoms with Gasteiger partial charge in [-0.1, -0.05) is 0 Å². The minimum absolute atomic E-state index is 0.563. The smallest absolute Gasteiger partial charge is 0.295 e. The maximum Gasteiger partial charge on any atom is 0.295 e. The summed E-state index contributed by atoms with van der Waals surface area (Å²) in [6.07, 6.45) is 0. The summed E-state index contributed by atoms with van der Waals surface area (Å²) < 4.78 is 9.11. The van der Waals surface area contributed by atoms with E-state index in [-0.39, 0.29) is 0 Å². The summed E-state index contributed by atoms with van der Waals surface area (Å²) in [5, 5.41) is 9.14. The minimum atomic E-state index is -1.64. The molecule has 0 aliphatic carbocycles. The SMILES string of the molecule is COC(O)(OC)C(C)N. The van der Waals surface area contributed by atoms with Crippen LogP contribution in [-0.4, -0.2) is 31.3 Å². The lowest BCUT2D eigenvalue weighted by Crippen LogP contribution is -2.49. The van der Waals surface area contributed by atoms with Crippen LogP contribution in [0.15, 0.2) is 0 Å². The number of hydrogen-bond donors (Lipinski definition) is 2. The van der Waals surface area contributed by atoms with Crippen LogP contribution < -0.4 is 5.73 Å². The second-order valence-corrected chi connectivity index (χ2v) is 1.83. The summed E-state index contributed by atoms with van der Waals surface area (Å²) in [5.41, 5.74) is 5.29. The number of nitrogens with two attached hydrogens (primary N) is 1. The van der Waals surface area contributed by atoms with Gasteiger partial charge in [-0.15, -0.1) is 0 Å². The third-order valence-corrected chi connectivity index (χ3v) is 1.16. The zero-order chi connectivity index (χ0) is 7.49. The van der Waals surface area contributed by atoms with E-state index >= 15 is 0 Å². The summed E-state index contributed by atoms with van der Waals surface area (Å²) in [6, 6.07) is -0.563. The largest absolute Gasteiger partial charge is 0.342 e. The van der Waals surface area contributed by atoms with E-state index in [0.29, 0.717) is 0 Å². The van der Waals surface area contributed by atoms with Gasteiger partial charge in [-0.3, -0.25) is 0 Å². The second-order valence-electron chi connectivity index (χ2n) is 1.83. The van der Waals surface area contributed by atoms with Gasteiger partial charge in [0.25, 0.3) is 5.97 Å². The molecule has 0 rings (SSSR count). The molecule has 0 spiro atoms. The third kappa shape index (κ3) is 1.91. The minimum Gasteiger partial charge on any atom is -0.342 e. The topological polar surface area (TPSA) is 64.7 Å². The second kappa shape index (κ2) is 3.12. The van der Waals surface area contributed by atoms with E-state index in [1.165, 1.54) is 14.2 Å². The maximum absolute atomic E-state index is 9.14. The van der Waals surface area contributed by atoms with Gasteiger partial charge in [0.1, 0.15) is 0 Å². The Labute approximate surface area is 54.6 Å². The average molecular weight is 135 g/mol. The first kappa shape index (κ1) is 8.84. The van der Waals surface area contributed by atoms with Gasteiger partial charge >= 0.3 is 0 Å². The molecule has 0 bridgehead atoms. The molecule has 1 unspecified atom stereocenters. The number of rotatable bonds is 3. The molecular formula is C5H13NO3. The quantitative estimate of drug-likeness (QED) is 0.501. The van der Waals surface area contributed by atoms with Gasteiger partial charge in [0, 0.05) is 14.2 Å². The van der Waals surface area contributed by atoms with Crippen molar-refractivity contribution in [2.75, 3.05) is 14.2 Å². The Kier molecular flexibility index (Phi) is 3.07. The summed E-state index contributed by atoms with van der Waals surface area (Å²) in [6.45, 7) is 1.59. The predicted molar refractivity (Wildman–Crippen MR) is 32.6 cm³/mol. The van der Waals surface area contributed by atoms with E-state index in [1.807, 2.05) is 0 Å². The standard InChI is InChI=1S/C5H13NO3/c1-4(6)5(7,8-2)9-3/h4,7H,6H2,1-3H3. The van der Waals surface area contributed by atoms with E-state index < -0.39 is 12.0 Å². The van der Waals surface area contributed by atoms with Gasteiger partial charge in [0.15, 0.2) is 0 Å². The lowest BCUT2D eigenvalue weighted by Gasteiger charge is -2.27. The molecule has 0 aromatic heterocycles. The van der Waals surface area contributed by atoms with Crippen LogP contribution in [0.4, 0.5) is 0 Å². The molecular weight excluding hydrogens is 122 g/mol. The Morgan fingerprint density at radius 3 is 1.78 bits per heavy atom. The van der Waals surface area contributed by atoms with Crippen molar-refractivity contribution >= 4 is 0 Å². The zero-order valence-electron chi connectivity index (χ0n) is 5.92. The van der Waals surface area contributed by atoms with Gasteiger partial charge in [-0.05, 0) is 6.92 Å². The van der Waals surface area contributed by atoms with E-state index in [0.717, 1.165) is 0 Å². The molecule has 0 aliphatic rings. The number of aliphatic hydroxyl groups is 1. The highest BCUT2D eigenvalue weighted by Gasteiger charge is 2.30. The molecule has 56 valence electrons. The highest BCUT2D eigenvalue weighted by molar-refractivity contribution is 4.64. The first-order valence-corrected chi connectivity index (χ1v) is 2.65. The zero-order valence-corrected chi connectivity index (χ0v) is 5.92. The number of hydrogen-bond acceptors (Lipinski definition) is 4. The van der Waals surface area contributed by atoms with Crippen LogP contribution >= 0.6 is 0 Å². The van der Waals surface area contributed by atoms with Crippen LogP contribution in [0.1, 0.15) is 6.92 Å². The van der Waals surface area contributed by atoms with Gasteiger partial charge in [0.05, 0.1) is 6.04 Å². The van der Waals surface area contributed by atoms with E-state index in [9.17, 15) is 0 Å². The van der Waals surface area contributed by atoms with Crippen LogP contribution in [0.25, 0.3) is 0 Å². The fourth-order valence-corrected chi connectivity index (χ4v) is 0.455. The molecule has 0 saturated heterocycles. The summed E-state index contributed by atoms with van der Waals surface area (Å²) >= 11 is 0. The average Bonchev–Trinajstić information content (AvgIpc) is 1.86. The van der Waals surface area contributed by atoms with Gasteiger partial charge in [-0.2, -0.15) is 0 Å². The van der Waals surface area contributed by atoms with Crippen molar-refractivity contribution in [3.05, 3.63) is 0 Å². The molecule has 0 heterocycles. The van der Waals surface area contributed by atoms with E-state index in [4.69, 9.17) is 10.8 Å². The molecule has 0 aromatic carbocycles. The fraction of sp³-hybridized carbons (Fsp3) is 1.00. The molecule has 0 aromatic rings. The molecule has 0 saturated carbocycles. The molecule has 0 amide bonds. The summed E-state index contributed by atoms with van der Waals surface area (Å²) in [5.74, 6) is -1.64. The van der Waals surface area contributed by atoms with Crippen molar-refractivity contribution in [1.82, 2.24) is 0 Å². The van der Waals surface area contributed by atoms with Crippen LogP contribution in [0.2, 0.25) is 0 Å². The van der Waals surface area contributed by atoms with E-state index in [1.54, 1.807) is 6.92 Å². The summed E-state index contributed by atoms with van der Waals surface area (Å²) in [4.78, 5) is 0. The van der Waals surface area contributed by atoms with Crippen LogP contribution in [0.5, 0.6) is 0 Å². The number of ether oxygens (including phenoxy) is 2. The lowest BCUT2D eigenvalue weighted by atomic mass is 10.3. The lowest BCUT2D eigenvalue weighted by molar-refractivity contribution is -0.347. The van der Waals surface area contributed by atoms with Gasteiger partial charge in [0.2, 0.25) is 0 Å². The normalized spacial score (nSPS) is 15.7. The van der Waals surface area contributed by atoms with Crippen molar-refractivity contribution in [1.29, 1.82) is 0 Å². The van der Waals surface area contributed by atoms with Crippen molar-refractivity contribution < 1.29 is 14.6 Å². The van der Waals surface area contributed by atoms with Crippen LogP contribution in [0, 0.1) is 0 Å². The molecule has 4 heteroatoms. The third-order valence-electron chi connectivity index (χ3n) is 1.16. The van der Waals surface area contributed by atoms with Gasteiger partial charge < -0.3 is 20.3 Å². The molecule has 9 heavy (non-hydrogen) atoms. The van der Waals surface area contributed by atoms with Crippen LogP contribution in [0.3, 0.4) is 0 Å². The van der Waals surface area contributed by atoms with Crippen molar-refractivity contribution in [2.24, 2.45) is 5.73 Å². The Morgan fingerprint density at radius 2 is 1.78 bits per heavy atom. The molecule has 0 fully saturated rings. The van der Waals surface area contributed by atoms with Crippen molar-refractivity contribution in [3.63, 3.8) is 0 Å². The Balaban J connectivity index is 3.92. The highest BCUT2D eigenvalue weighted by Crippen LogP contribution is 2.08. The van der Waals surface area contributed by atoms with E-state index in [2.05, 4.69) is 9.47 Å². The Morgan fingerprint density at radius 1 is 1.44 bits per heavy atom. The first-order chi connectivity index (χ1) is 4.06. The van der Waals surface area contributed by atoms with Crippen molar-refractivity contribution in [3.8, 4) is 0 Å². The first-order valence-electron chi connectivity index (χ1n) is 2.65. The highest BCUT2D eigenvalue weighted by atomic mass is 16.8. The molecule has 3 N–H and O–H groups in total. The maximum atomic E-state index is 9.14. The Hall–Kier alpha value is -0.160. The van der Waals surface area contributed by atoms with Crippen molar-refractivity contribution in [2.45, 2.75) is 18.9 Å². The number of methoxy groups -OCH3 is 2. The molecule has 1 atom stereocenters. The summed E-state index contributed by atoms with van der Waals surface area (Å²) in [7, 11) is 2.65. The monoisotopic (exact) mass is 135 g/mol. The van der Waals surface area contributed by atoms with Gasteiger partial charge in [-0.25, -0.2) is 0 Å². The molecule has 0 aliphatic heterocycles. The Bertz CT molecular complexity index is 80.3. The molecule has 4 nitrogen and oxygen atoms in total. The molecule has 0 radical (unpaired) electrons.